The molecule has 0 saturated carbocycles. The molecule has 0 aromatic heterocycles. The molecule has 3 nitrogen and oxygen atoms in total. The maximum absolute atomic E-state index is 9.84. The summed E-state index contributed by atoms with van der Waals surface area (Å²) in [7, 11) is 0. The van der Waals surface area contributed by atoms with Gasteiger partial charge in [0.1, 0.15) is 0 Å². The molecular weight excluding hydrogens is 141 g/mol. The summed E-state index contributed by atoms with van der Waals surface area (Å²) in [6.07, 6.45) is 0. The van der Waals surface area contributed by atoms with Crippen molar-refractivity contribution in [2.75, 3.05) is 0 Å². The van der Waals surface area contributed by atoms with Gasteiger partial charge in [-0.25, -0.2) is 0 Å². The van der Waals surface area contributed by atoms with E-state index in [-0.39, 0.29) is 0 Å². The zero-order valence-corrected chi connectivity index (χ0v) is 5.34. The molecule has 6 heavy (non-hydrogen) atoms. The van der Waals surface area contributed by atoms with Crippen LogP contribution in [0.15, 0.2) is 0 Å². The first-order valence-corrected chi connectivity index (χ1v) is 5.30. The van der Waals surface area contributed by atoms with Gasteiger partial charge < -0.3 is 9.79 Å². The van der Waals surface area contributed by atoms with Gasteiger partial charge in [-0.1, -0.05) is 17.4 Å². The molecule has 0 spiro atoms. The van der Waals surface area contributed by atoms with Gasteiger partial charge in [0, 0.05) is 0 Å². The van der Waals surface area contributed by atoms with E-state index >= 15 is 0 Å². The number of rotatable bonds is 0. The number of thiol groups is 1. The minimum absolute atomic E-state index is 0.357. The van der Waals surface area contributed by atoms with Crippen molar-refractivity contribution >= 4 is 29.1 Å². The zero-order chi connectivity index (χ0) is 5.21. The van der Waals surface area contributed by atoms with Crippen molar-refractivity contribution in [2.24, 2.45) is 5.14 Å². The SMILES string of the molecule is N[S+]=P([O-])(O)S. The second-order valence-corrected chi connectivity index (χ2v) is 6.34. The molecule has 0 aliphatic heterocycles. The summed E-state index contributed by atoms with van der Waals surface area (Å²) < 4.78 is 0. The van der Waals surface area contributed by atoms with Crippen LogP contribution in [0.1, 0.15) is 0 Å². The summed E-state index contributed by atoms with van der Waals surface area (Å²) >= 11 is 3.56. The van der Waals surface area contributed by atoms with Gasteiger partial charge in [0.25, 0.3) is 16.8 Å². The molecule has 0 amide bonds. The highest BCUT2D eigenvalue weighted by molar-refractivity contribution is 8.61. The van der Waals surface area contributed by atoms with Crippen LogP contribution in [0.5, 0.6) is 0 Å². The fourth-order valence-corrected chi connectivity index (χ4v) is 0. The quantitative estimate of drug-likeness (QED) is 0.175. The average molecular weight is 145 g/mol. The number of hydrogen-bond donors (Lipinski definition) is 3. The van der Waals surface area contributed by atoms with Crippen LogP contribution < -0.4 is 10.0 Å². The summed E-state index contributed by atoms with van der Waals surface area (Å²) in [5, 5.41) is 4.63. The molecule has 6 heteroatoms. The maximum atomic E-state index is 9.84. The van der Waals surface area contributed by atoms with E-state index < -0.39 is 5.69 Å². The molecule has 0 heterocycles. The van der Waals surface area contributed by atoms with Crippen LogP contribution in [0.25, 0.3) is 0 Å². The highest BCUT2D eigenvalue weighted by Gasteiger charge is 1.97. The maximum Gasteiger partial charge on any atom is 0.284 e. The van der Waals surface area contributed by atoms with Crippen molar-refractivity contribution in [1.29, 1.82) is 0 Å². The Hall–Kier alpha value is 0.880. The van der Waals surface area contributed by atoms with Crippen molar-refractivity contribution in [1.82, 2.24) is 0 Å². The summed E-state index contributed by atoms with van der Waals surface area (Å²) in [5.41, 5.74) is -3.26. The minimum Gasteiger partial charge on any atom is -0.755 e. The van der Waals surface area contributed by atoms with Gasteiger partial charge in [0.2, 0.25) is 0 Å². The Bertz CT molecular complexity index is 75.3. The van der Waals surface area contributed by atoms with Crippen molar-refractivity contribution in [2.45, 2.75) is 0 Å². The molecular formula is H4NO2PS2. The van der Waals surface area contributed by atoms with Gasteiger partial charge in [-0.3, -0.25) is 0 Å². The molecule has 0 aromatic rings. The van der Waals surface area contributed by atoms with Crippen molar-refractivity contribution in [3.8, 4) is 0 Å². The predicted molar refractivity (Wildman–Crippen MR) is 29.7 cm³/mol. The van der Waals surface area contributed by atoms with Crippen LogP contribution in [0.3, 0.4) is 0 Å². The third-order valence-corrected chi connectivity index (χ3v) is 2.08. The third-order valence-electron chi connectivity index (χ3n) is 0.137. The first-order chi connectivity index (χ1) is 2.56. The van der Waals surface area contributed by atoms with Crippen LogP contribution >= 0.6 is 17.9 Å². The third kappa shape index (κ3) is 4.88. The Labute approximate surface area is 44.6 Å². The predicted octanol–water partition coefficient (Wildman–Crippen LogP) is -1.10. The van der Waals surface area contributed by atoms with E-state index in [1.54, 1.807) is 0 Å². The molecule has 1 atom stereocenters. The normalized spacial score (nSPS) is 19.3. The summed E-state index contributed by atoms with van der Waals surface area (Å²) in [4.78, 5) is 17.9. The Morgan fingerprint density at radius 3 is 2.17 bits per heavy atom. The van der Waals surface area contributed by atoms with E-state index in [4.69, 9.17) is 4.89 Å². The summed E-state index contributed by atoms with van der Waals surface area (Å²) in [6, 6.07) is 0. The number of nitrogens with two attached hydrogens (primary N) is 1. The second-order valence-electron chi connectivity index (χ2n) is 0.596. The topological polar surface area (TPSA) is 69.3 Å². The van der Waals surface area contributed by atoms with E-state index in [1.807, 2.05) is 0 Å². The lowest BCUT2D eigenvalue weighted by molar-refractivity contribution is -0.170. The molecule has 38 valence electrons. The van der Waals surface area contributed by atoms with Crippen LogP contribution in [-0.2, 0) is 11.1 Å². The Morgan fingerprint density at radius 2 is 2.17 bits per heavy atom. The lowest BCUT2D eigenvalue weighted by Crippen LogP contribution is -1.96. The van der Waals surface area contributed by atoms with Crippen LogP contribution in [0.2, 0.25) is 0 Å². The molecule has 0 bridgehead atoms. The lowest BCUT2D eigenvalue weighted by Gasteiger charge is -1.98. The van der Waals surface area contributed by atoms with Gasteiger partial charge in [0.05, 0.1) is 0 Å². The molecule has 0 aliphatic rings. The zero-order valence-electron chi connectivity index (χ0n) is 2.74. The summed E-state index contributed by atoms with van der Waals surface area (Å²) in [5.74, 6) is 0. The van der Waals surface area contributed by atoms with Crippen molar-refractivity contribution < 1.29 is 9.79 Å². The fraction of sp³-hybridized carbons (Fsp3) is 0. The Balaban J connectivity index is 3.79. The number of hydrogen-bond acceptors (Lipinski definition) is 1. The second kappa shape index (κ2) is 2.26. The van der Waals surface area contributed by atoms with Crippen LogP contribution in [0.4, 0.5) is 0 Å². The molecule has 1 unspecified atom stereocenters. The van der Waals surface area contributed by atoms with Gasteiger partial charge in [0.15, 0.2) is 0 Å². The van der Waals surface area contributed by atoms with E-state index in [0.29, 0.717) is 11.1 Å². The Kier molecular flexibility index (Phi) is 2.59. The molecule has 0 aliphatic carbocycles. The molecule has 0 fully saturated rings. The highest BCUT2D eigenvalue weighted by Crippen LogP contribution is 2.35. The van der Waals surface area contributed by atoms with E-state index in [9.17, 15) is 4.89 Å². The fourth-order valence-electron chi connectivity index (χ4n) is 0. The smallest absolute Gasteiger partial charge is 0.284 e. The minimum atomic E-state index is -3.26. The first-order valence-electron chi connectivity index (χ1n) is 1.00. The van der Waals surface area contributed by atoms with E-state index in [2.05, 4.69) is 17.4 Å². The lowest BCUT2D eigenvalue weighted by atomic mass is 14.0. The van der Waals surface area contributed by atoms with Gasteiger partial charge in [-0.05, 0) is 0 Å². The van der Waals surface area contributed by atoms with Crippen LogP contribution in [0, 0.1) is 0 Å². The molecule has 3 N–H and O–H groups in total. The molecule has 0 saturated heterocycles. The van der Waals surface area contributed by atoms with E-state index in [0.717, 1.165) is 0 Å². The van der Waals surface area contributed by atoms with Gasteiger partial charge >= 0.3 is 0 Å². The Morgan fingerprint density at radius 1 is 2.00 bits per heavy atom. The molecule has 0 rings (SSSR count). The van der Waals surface area contributed by atoms with Crippen molar-refractivity contribution in [3.05, 3.63) is 0 Å². The van der Waals surface area contributed by atoms with Crippen molar-refractivity contribution in [3.63, 3.8) is 0 Å². The first kappa shape index (κ1) is 6.88. The summed E-state index contributed by atoms with van der Waals surface area (Å²) in [6.45, 7) is 0. The van der Waals surface area contributed by atoms with Crippen LogP contribution in [-0.4, -0.2) is 4.89 Å². The monoisotopic (exact) mass is 145 g/mol. The largest absolute Gasteiger partial charge is 0.755 e. The molecule has 0 radical (unpaired) electrons. The van der Waals surface area contributed by atoms with Gasteiger partial charge in [-0.15, -0.1) is 0 Å². The highest BCUT2D eigenvalue weighted by atomic mass is 32.9. The van der Waals surface area contributed by atoms with Gasteiger partial charge in [-0.2, -0.15) is 0 Å². The average Bonchev–Trinajstić information content (AvgIpc) is 1.35. The molecule has 0 aromatic carbocycles. The standard InChI is InChI=1S/H4NO2PS2/c1-6-4(2,3)5/h1H2,(H2-,2,3,5). The van der Waals surface area contributed by atoms with E-state index in [1.165, 1.54) is 0 Å².